The molecule has 1 aromatic heterocycles. The van der Waals surface area contributed by atoms with E-state index in [9.17, 15) is 4.79 Å². The maximum Gasteiger partial charge on any atom is 0.258 e. The van der Waals surface area contributed by atoms with Crippen molar-refractivity contribution in [1.82, 2.24) is 9.88 Å². The van der Waals surface area contributed by atoms with Crippen LogP contribution in [0.1, 0.15) is 32.9 Å². The summed E-state index contributed by atoms with van der Waals surface area (Å²) in [5.74, 6) is 1.39. The van der Waals surface area contributed by atoms with Gasteiger partial charge in [0.15, 0.2) is 5.58 Å². The molecule has 164 valence electrons. The molecule has 0 radical (unpaired) electrons. The SMILES string of the molecule is COc1ccc(C(=O)N(Cc2ccc(C)cc2)Cc2nc3cc(C)ccc3o2)c(OC)c1. The van der Waals surface area contributed by atoms with Gasteiger partial charge in [-0.3, -0.25) is 4.79 Å². The van der Waals surface area contributed by atoms with Gasteiger partial charge in [0.25, 0.3) is 5.91 Å². The van der Waals surface area contributed by atoms with E-state index >= 15 is 0 Å². The first-order valence-electron chi connectivity index (χ1n) is 10.4. The van der Waals surface area contributed by atoms with Gasteiger partial charge < -0.3 is 18.8 Å². The van der Waals surface area contributed by atoms with Crippen molar-refractivity contribution in [2.75, 3.05) is 14.2 Å². The van der Waals surface area contributed by atoms with Gasteiger partial charge in [0.2, 0.25) is 5.89 Å². The third kappa shape index (κ3) is 4.59. The minimum Gasteiger partial charge on any atom is -0.497 e. The second-order valence-corrected chi connectivity index (χ2v) is 7.79. The van der Waals surface area contributed by atoms with Crippen molar-refractivity contribution < 1.29 is 18.7 Å². The molecule has 0 saturated carbocycles. The maximum atomic E-state index is 13.6. The number of methoxy groups -OCH3 is 2. The number of oxazole rings is 1. The fourth-order valence-electron chi connectivity index (χ4n) is 3.58. The van der Waals surface area contributed by atoms with Crippen LogP contribution >= 0.6 is 0 Å². The average molecular weight is 431 g/mol. The number of fused-ring (bicyclic) bond motifs is 1. The molecule has 0 spiro atoms. The van der Waals surface area contributed by atoms with E-state index in [1.54, 1.807) is 37.3 Å². The van der Waals surface area contributed by atoms with E-state index in [4.69, 9.17) is 13.9 Å². The van der Waals surface area contributed by atoms with Gasteiger partial charge in [-0.15, -0.1) is 0 Å². The highest BCUT2D eigenvalue weighted by atomic mass is 16.5. The highest BCUT2D eigenvalue weighted by molar-refractivity contribution is 5.97. The molecule has 32 heavy (non-hydrogen) atoms. The second-order valence-electron chi connectivity index (χ2n) is 7.79. The maximum absolute atomic E-state index is 13.6. The lowest BCUT2D eigenvalue weighted by molar-refractivity contribution is 0.0712. The summed E-state index contributed by atoms with van der Waals surface area (Å²) >= 11 is 0. The highest BCUT2D eigenvalue weighted by Gasteiger charge is 2.23. The molecule has 0 bridgehead atoms. The van der Waals surface area contributed by atoms with E-state index in [-0.39, 0.29) is 12.5 Å². The Kier molecular flexibility index (Phi) is 6.12. The molecule has 1 amide bonds. The topological polar surface area (TPSA) is 64.8 Å². The molecule has 0 atom stereocenters. The fourth-order valence-corrected chi connectivity index (χ4v) is 3.58. The summed E-state index contributed by atoms with van der Waals surface area (Å²) in [6.45, 7) is 4.69. The molecule has 1 heterocycles. The molecule has 6 nitrogen and oxygen atoms in total. The Hall–Kier alpha value is -3.80. The molecule has 0 saturated heterocycles. The highest BCUT2D eigenvalue weighted by Crippen LogP contribution is 2.27. The molecule has 0 aliphatic rings. The van der Waals surface area contributed by atoms with Crippen molar-refractivity contribution in [3.05, 3.63) is 88.8 Å². The number of benzene rings is 3. The van der Waals surface area contributed by atoms with Crippen LogP contribution < -0.4 is 9.47 Å². The summed E-state index contributed by atoms with van der Waals surface area (Å²) in [5.41, 5.74) is 5.22. The van der Waals surface area contributed by atoms with E-state index in [1.807, 2.05) is 56.3 Å². The van der Waals surface area contributed by atoms with Gasteiger partial charge in [-0.1, -0.05) is 35.9 Å². The zero-order valence-electron chi connectivity index (χ0n) is 18.7. The zero-order chi connectivity index (χ0) is 22.7. The van der Waals surface area contributed by atoms with Gasteiger partial charge in [0.05, 0.1) is 26.3 Å². The van der Waals surface area contributed by atoms with Crippen LogP contribution in [-0.4, -0.2) is 30.0 Å². The summed E-state index contributed by atoms with van der Waals surface area (Å²) in [4.78, 5) is 19.9. The monoisotopic (exact) mass is 430 g/mol. The largest absolute Gasteiger partial charge is 0.497 e. The quantitative estimate of drug-likeness (QED) is 0.398. The summed E-state index contributed by atoms with van der Waals surface area (Å²) < 4.78 is 16.7. The summed E-state index contributed by atoms with van der Waals surface area (Å²) in [5, 5.41) is 0. The van der Waals surface area contributed by atoms with Crippen LogP contribution in [0.4, 0.5) is 0 Å². The molecular weight excluding hydrogens is 404 g/mol. The molecule has 4 aromatic rings. The number of ether oxygens (including phenoxy) is 2. The lowest BCUT2D eigenvalue weighted by Gasteiger charge is -2.23. The van der Waals surface area contributed by atoms with Crippen molar-refractivity contribution in [1.29, 1.82) is 0 Å². The average Bonchev–Trinajstić information content (AvgIpc) is 3.20. The summed E-state index contributed by atoms with van der Waals surface area (Å²) in [6.07, 6.45) is 0. The van der Waals surface area contributed by atoms with Crippen molar-refractivity contribution in [3.63, 3.8) is 0 Å². The van der Waals surface area contributed by atoms with Crippen LogP contribution in [0.15, 0.2) is 65.1 Å². The predicted octanol–water partition coefficient (Wildman–Crippen LogP) is 5.30. The molecule has 0 unspecified atom stereocenters. The van der Waals surface area contributed by atoms with Crippen molar-refractivity contribution in [3.8, 4) is 11.5 Å². The Morgan fingerprint density at radius 1 is 0.906 bits per heavy atom. The Morgan fingerprint density at radius 3 is 2.38 bits per heavy atom. The van der Waals surface area contributed by atoms with Gasteiger partial charge in [-0.05, 0) is 49.2 Å². The van der Waals surface area contributed by atoms with Gasteiger partial charge >= 0.3 is 0 Å². The third-order valence-corrected chi connectivity index (χ3v) is 5.33. The lowest BCUT2D eigenvalue weighted by atomic mass is 10.1. The Morgan fingerprint density at radius 2 is 1.66 bits per heavy atom. The summed E-state index contributed by atoms with van der Waals surface area (Å²) in [7, 11) is 3.12. The zero-order valence-corrected chi connectivity index (χ0v) is 18.7. The van der Waals surface area contributed by atoms with Gasteiger partial charge in [0.1, 0.15) is 17.0 Å². The second kappa shape index (κ2) is 9.14. The number of aryl methyl sites for hydroxylation is 2. The molecule has 6 heteroatoms. The first-order valence-corrected chi connectivity index (χ1v) is 10.4. The normalized spacial score (nSPS) is 10.9. The Balaban J connectivity index is 1.69. The first kappa shape index (κ1) is 21.4. The number of hydrogen-bond acceptors (Lipinski definition) is 5. The number of carbonyl (C=O) groups excluding carboxylic acids is 1. The number of rotatable bonds is 7. The van der Waals surface area contributed by atoms with E-state index in [2.05, 4.69) is 4.98 Å². The Bertz CT molecular complexity index is 1240. The molecule has 0 fully saturated rings. The van der Waals surface area contributed by atoms with E-state index < -0.39 is 0 Å². The molecule has 4 rings (SSSR count). The number of hydrogen-bond donors (Lipinski definition) is 0. The number of aromatic nitrogens is 1. The van der Waals surface area contributed by atoms with Crippen LogP contribution in [-0.2, 0) is 13.1 Å². The molecule has 0 aliphatic carbocycles. The molecule has 0 aliphatic heterocycles. The van der Waals surface area contributed by atoms with E-state index in [1.165, 1.54) is 0 Å². The minimum atomic E-state index is -0.177. The van der Waals surface area contributed by atoms with E-state index in [0.717, 1.165) is 22.2 Å². The van der Waals surface area contributed by atoms with Crippen molar-refractivity contribution >= 4 is 17.0 Å². The van der Waals surface area contributed by atoms with Crippen LogP contribution in [0.25, 0.3) is 11.1 Å². The van der Waals surface area contributed by atoms with Gasteiger partial charge in [-0.2, -0.15) is 0 Å². The molecular formula is C26H26N2O4. The number of nitrogens with zero attached hydrogens (tertiary/aromatic N) is 2. The molecule has 3 aromatic carbocycles. The molecule has 0 N–H and O–H groups in total. The standard InChI is InChI=1S/C26H26N2O4/c1-17-5-8-19(9-6-17)15-28(16-25-27-22-13-18(2)7-12-23(22)32-25)26(29)21-11-10-20(30-3)14-24(21)31-4/h5-14H,15-16H2,1-4H3. The van der Waals surface area contributed by atoms with Gasteiger partial charge in [-0.25, -0.2) is 4.98 Å². The van der Waals surface area contributed by atoms with Crippen LogP contribution in [0.2, 0.25) is 0 Å². The predicted molar refractivity (Wildman–Crippen MR) is 123 cm³/mol. The van der Waals surface area contributed by atoms with Crippen LogP contribution in [0, 0.1) is 13.8 Å². The van der Waals surface area contributed by atoms with E-state index in [0.29, 0.717) is 35.1 Å². The number of amides is 1. The first-order chi connectivity index (χ1) is 15.5. The van der Waals surface area contributed by atoms with Crippen LogP contribution in [0.3, 0.4) is 0 Å². The van der Waals surface area contributed by atoms with Crippen LogP contribution in [0.5, 0.6) is 11.5 Å². The fraction of sp³-hybridized carbons (Fsp3) is 0.231. The minimum absolute atomic E-state index is 0.177. The van der Waals surface area contributed by atoms with Crippen molar-refractivity contribution in [2.45, 2.75) is 26.9 Å². The Labute approximate surface area is 187 Å². The lowest BCUT2D eigenvalue weighted by Crippen LogP contribution is -2.30. The van der Waals surface area contributed by atoms with Crippen molar-refractivity contribution in [2.24, 2.45) is 0 Å². The summed E-state index contributed by atoms with van der Waals surface area (Å²) in [6, 6.07) is 19.2. The smallest absolute Gasteiger partial charge is 0.258 e. The number of carbonyl (C=O) groups is 1. The third-order valence-electron chi connectivity index (χ3n) is 5.33. The van der Waals surface area contributed by atoms with Gasteiger partial charge in [0, 0.05) is 12.6 Å².